The maximum absolute atomic E-state index is 15.0. The van der Waals surface area contributed by atoms with Gasteiger partial charge in [-0.05, 0) is 41.2 Å². The molecule has 0 aliphatic carbocycles. The first-order chi connectivity index (χ1) is 36.7. The van der Waals surface area contributed by atoms with Gasteiger partial charge in [0, 0.05) is 144 Å². The van der Waals surface area contributed by atoms with Crippen LogP contribution in [0.4, 0.5) is 20.3 Å². The van der Waals surface area contributed by atoms with E-state index in [1.54, 1.807) is 33.6 Å². The number of carbonyl (C=O) groups excluding carboxylic acids is 2. The van der Waals surface area contributed by atoms with Gasteiger partial charge in [-0.15, -0.1) is 12.1 Å². The molecule has 6 aromatic heterocycles. The number of hydrogen-bond donors (Lipinski definition) is 4. The molecule has 22 heteroatoms. The van der Waals surface area contributed by atoms with Crippen molar-refractivity contribution in [3.63, 3.8) is 0 Å². The number of benzene rings is 4. The minimum absolute atomic E-state index is 0. The Bertz CT molecular complexity index is 3880. The zero-order valence-electron chi connectivity index (χ0n) is 44.1. The molecule has 10 aromatic rings. The van der Waals surface area contributed by atoms with Gasteiger partial charge in [-0.3, -0.25) is 28.5 Å². The van der Waals surface area contributed by atoms with Gasteiger partial charge in [0.25, 0.3) is 11.1 Å². The van der Waals surface area contributed by atoms with Crippen LogP contribution in [0.5, 0.6) is 23.0 Å². The summed E-state index contributed by atoms with van der Waals surface area (Å²) in [6, 6.07) is 36.4. The zero-order valence-corrected chi connectivity index (χ0v) is 49.8. The molecule has 0 saturated heterocycles. The van der Waals surface area contributed by atoms with E-state index in [1.807, 2.05) is 54.6 Å². The van der Waals surface area contributed by atoms with Crippen LogP contribution in [0.15, 0.2) is 144 Å². The number of hydrogen-bond acceptors (Lipinski definition) is 13. The Labute approximate surface area is 510 Å². The third-order valence-corrected chi connectivity index (χ3v) is 11.3. The predicted molar refractivity (Wildman–Crippen MR) is 293 cm³/mol. The maximum atomic E-state index is 15.0. The molecule has 0 aliphatic rings. The van der Waals surface area contributed by atoms with Gasteiger partial charge < -0.3 is 30.5 Å². The summed E-state index contributed by atoms with van der Waals surface area (Å²) in [6.45, 7) is 13.9. The summed E-state index contributed by atoms with van der Waals surface area (Å²) in [5.41, 5.74) is 10.2. The van der Waals surface area contributed by atoms with Crippen molar-refractivity contribution in [1.29, 1.82) is 0 Å². The SMILES string of the molecule is C.CC(=O)Nc1cc(C(C)(C)C)nn1-c1c[c-]ccc1.CC(C)(C)c1cc(CC(=O)Cc2ccc(Oc3ccnc4[nH]c(=O)cnc34)cc2F)n(-c2c[c-]ccc2)n1.Nc1ccc(Oc2ccnc3[nH]c(=O)cnc23)cc1F.[Y].[Y]. The van der Waals surface area contributed by atoms with Crippen molar-refractivity contribution in [3.8, 4) is 34.4 Å². The number of nitrogens with zero attached hydrogens (tertiary/aromatic N) is 8. The Morgan fingerprint density at radius 1 is 0.662 bits per heavy atom. The average molecular weight is 1230 g/mol. The van der Waals surface area contributed by atoms with Gasteiger partial charge in [0.05, 0.1) is 29.5 Å². The number of pyridine rings is 2. The molecule has 0 fully saturated rings. The summed E-state index contributed by atoms with van der Waals surface area (Å²) < 4.78 is 43.2. The third kappa shape index (κ3) is 16.3. The van der Waals surface area contributed by atoms with E-state index in [4.69, 9.17) is 20.3 Å². The standard InChI is InChI=1S/C29H25FN5O3.C15H18N3O.C13H9FN4O2.CH4.2Y/c1-29(2,3)25-15-20(35(34-25)19-7-5-4-6-8-19)14-21(36)13-18-9-10-22(16-23(18)30)38-24-11-12-31-28-27(24)32-17-26(37)33-28;1-11(19)16-14-10-13(15(2,3)4)17-18(14)12-8-6-5-7-9-12;14-8-5-7(1-2-9(8)15)20-10-3-4-16-13-12(10)17-6-11(19)18-13;;;/h4-5,7-12,15-17H,13-14H2,1-3H3,(H,31,33,37);5-6,8-10H,1-4H3,(H,16,19);1-6H,15H2,(H,16,18,19);1H4;;/q2*-1;;;;. The van der Waals surface area contributed by atoms with Crippen molar-refractivity contribution in [2.24, 2.45) is 0 Å². The molecule has 0 unspecified atom stereocenters. The number of ketones is 1. The molecule has 1 amide bonds. The Morgan fingerprint density at radius 3 is 1.65 bits per heavy atom. The first kappa shape index (κ1) is 63.3. The topological polar surface area (TPSA) is 244 Å². The number of halogens is 2. The molecule has 0 atom stereocenters. The summed E-state index contributed by atoms with van der Waals surface area (Å²) in [5.74, 6) is 0.473. The first-order valence-electron chi connectivity index (χ1n) is 24.0. The normalized spacial score (nSPS) is 10.9. The van der Waals surface area contributed by atoms with Gasteiger partial charge in [-0.1, -0.05) is 55.0 Å². The van der Waals surface area contributed by atoms with Crippen molar-refractivity contribution in [2.45, 2.75) is 79.6 Å². The number of carbonyl (C=O) groups is 2. The molecular weight excluding hydrogens is 1180 g/mol. The molecule has 6 heterocycles. The van der Waals surface area contributed by atoms with E-state index in [0.29, 0.717) is 34.0 Å². The smallest absolute Gasteiger partial charge is 0.268 e. The number of fused-ring (bicyclic) bond motifs is 2. The second-order valence-electron chi connectivity index (χ2n) is 19.5. The Balaban J connectivity index is 0.000000237. The van der Waals surface area contributed by atoms with Crippen LogP contribution in [0.3, 0.4) is 0 Å². The Hall–Kier alpha value is -7.51. The van der Waals surface area contributed by atoms with E-state index in [2.05, 4.69) is 94.0 Å². The van der Waals surface area contributed by atoms with Gasteiger partial charge in [-0.25, -0.2) is 28.7 Å². The van der Waals surface area contributed by atoms with E-state index < -0.39 is 11.6 Å². The molecule has 5 N–H and O–H groups in total. The average Bonchev–Trinajstić information content (AvgIpc) is 4.02. The molecule has 18 nitrogen and oxygen atoms in total. The Kier molecular flexibility index (Phi) is 21.8. The molecule has 0 spiro atoms. The van der Waals surface area contributed by atoms with E-state index in [-0.39, 0.29) is 148 Å². The van der Waals surface area contributed by atoms with Crippen molar-refractivity contribution in [1.82, 2.24) is 49.5 Å². The molecule has 406 valence electrons. The molecule has 2 radical (unpaired) electrons. The number of amides is 1. The monoisotopic (exact) mass is 1230 g/mol. The van der Waals surface area contributed by atoms with Gasteiger partial charge in [0.1, 0.15) is 45.8 Å². The first-order valence-corrected chi connectivity index (χ1v) is 24.0. The second-order valence-corrected chi connectivity index (χ2v) is 19.5. The summed E-state index contributed by atoms with van der Waals surface area (Å²) in [6.07, 6.45) is 5.19. The number of aromatic nitrogens is 10. The van der Waals surface area contributed by atoms with Crippen LogP contribution in [0.1, 0.15) is 78.5 Å². The number of Topliss-reactive ketones (excluding diaryl/α,β-unsaturated/α-hetero) is 1. The zero-order chi connectivity index (χ0) is 55.0. The van der Waals surface area contributed by atoms with Crippen LogP contribution in [-0.2, 0) is 98.7 Å². The number of rotatable bonds is 11. The molecule has 0 bridgehead atoms. The van der Waals surface area contributed by atoms with Crippen LogP contribution in [0.2, 0.25) is 0 Å². The van der Waals surface area contributed by atoms with E-state index in [1.165, 1.54) is 49.6 Å². The van der Waals surface area contributed by atoms with Crippen LogP contribution >= 0.6 is 0 Å². The molecule has 80 heavy (non-hydrogen) atoms. The second kappa shape index (κ2) is 27.6. The Morgan fingerprint density at radius 2 is 1.16 bits per heavy atom. The van der Waals surface area contributed by atoms with Crippen molar-refractivity contribution >= 4 is 45.5 Å². The minimum atomic E-state index is -0.567. The van der Waals surface area contributed by atoms with Gasteiger partial charge in [-0.2, -0.15) is 58.7 Å². The van der Waals surface area contributed by atoms with Crippen LogP contribution in [0, 0.1) is 23.8 Å². The molecule has 0 saturated carbocycles. The van der Waals surface area contributed by atoms with Gasteiger partial charge >= 0.3 is 0 Å². The predicted octanol–water partition coefficient (Wildman–Crippen LogP) is 10.3. The summed E-state index contributed by atoms with van der Waals surface area (Å²) >= 11 is 0. The summed E-state index contributed by atoms with van der Waals surface area (Å²) in [5, 5.41) is 12.1. The molecule has 0 aliphatic heterocycles. The fraction of sp³-hybridized carbons (Fsp3) is 0.207. The number of anilines is 2. The van der Waals surface area contributed by atoms with Crippen LogP contribution in [0.25, 0.3) is 33.7 Å². The molecule has 4 aromatic carbocycles. The fourth-order valence-electron chi connectivity index (χ4n) is 7.43. The largest absolute Gasteiger partial charge is 0.455 e. The number of nitrogen functional groups attached to an aromatic ring is 1. The number of aromatic amines is 2. The van der Waals surface area contributed by atoms with Crippen molar-refractivity contribution < 1.29 is 93.3 Å². The maximum Gasteiger partial charge on any atom is 0.268 e. The van der Waals surface area contributed by atoms with Gasteiger partial charge in [0.15, 0.2) is 22.8 Å². The van der Waals surface area contributed by atoms with Crippen LogP contribution in [-0.4, -0.2) is 61.2 Å². The van der Waals surface area contributed by atoms with E-state index in [0.717, 1.165) is 40.9 Å². The van der Waals surface area contributed by atoms with Crippen molar-refractivity contribution in [3.05, 3.63) is 201 Å². The van der Waals surface area contributed by atoms with Crippen molar-refractivity contribution in [2.75, 3.05) is 11.1 Å². The number of ether oxygens (including phenoxy) is 2. The summed E-state index contributed by atoms with van der Waals surface area (Å²) in [4.78, 5) is 68.2. The number of nitrogens with one attached hydrogen (secondary N) is 3. The van der Waals surface area contributed by atoms with E-state index in [9.17, 15) is 28.0 Å². The molecule has 10 rings (SSSR count). The fourth-order valence-corrected chi connectivity index (χ4v) is 7.43. The third-order valence-electron chi connectivity index (χ3n) is 11.3. The number of H-pyrrole nitrogens is 2. The number of nitrogens with two attached hydrogens (primary N) is 1. The van der Waals surface area contributed by atoms with Gasteiger partial charge in [0.2, 0.25) is 5.91 Å². The minimum Gasteiger partial charge on any atom is -0.455 e. The van der Waals surface area contributed by atoms with Crippen LogP contribution < -0.4 is 31.6 Å². The van der Waals surface area contributed by atoms with E-state index >= 15 is 0 Å². The molecular formula is C58H56F2N12O6Y2-2. The summed E-state index contributed by atoms with van der Waals surface area (Å²) in [7, 11) is 0. The quantitative estimate of drug-likeness (QED) is 0.0697.